The van der Waals surface area contributed by atoms with Crippen molar-refractivity contribution in [3.63, 3.8) is 0 Å². The van der Waals surface area contributed by atoms with Gasteiger partial charge in [-0.25, -0.2) is 4.98 Å². The van der Waals surface area contributed by atoms with Crippen molar-refractivity contribution in [1.29, 1.82) is 0 Å². The molecule has 0 N–H and O–H groups in total. The summed E-state index contributed by atoms with van der Waals surface area (Å²) in [7, 11) is 0. The molecule has 0 spiro atoms. The normalized spacial score (nSPS) is 16.7. The fourth-order valence-electron chi connectivity index (χ4n) is 2.64. The zero-order chi connectivity index (χ0) is 15.2. The largest absolute Gasteiger partial charge is 0.377 e. The van der Waals surface area contributed by atoms with E-state index in [2.05, 4.69) is 39.7 Å². The molecule has 0 bridgehead atoms. The molecule has 5 nitrogen and oxygen atoms in total. The third-order valence-corrected chi connectivity index (χ3v) is 3.95. The van der Waals surface area contributed by atoms with Crippen molar-refractivity contribution in [2.45, 2.75) is 39.3 Å². The molecular weight excluding hydrogens is 334 g/mol. The zero-order valence-corrected chi connectivity index (χ0v) is 14.4. The van der Waals surface area contributed by atoms with Gasteiger partial charge < -0.3 is 14.2 Å². The van der Waals surface area contributed by atoms with E-state index in [9.17, 15) is 4.79 Å². The molecule has 1 aromatic heterocycles. The standard InChI is InChI=1S/C15H24BrN3O2/c1-12(2)11-19-9-6-17-14(15(19)20)18-7-3-13(4-8-18)21-10-5-16/h6,9,12-13H,3-5,7-8,10-11H2,1-2H3. The van der Waals surface area contributed by atoms with E-state index in [1.54, 1.807) is 17.0 Å². The highest BCUT2D eigenvalue weighted by molar-refractivity contribution is 9.09. The Hall–Kier alpha value is -0.880. The predicted molar refractivity (Wildman–Crippen MR) is 88.3 cm³/mol. The molecule has 0 aliphatic carbocycles. The third kappa shape index (κ3) is 4.54. The van der Waals surface area contributed by atoms with E-state index in [0.29, 0.717) is 17.8 Å². The molecule has 1 saturated heterocycles. The van der Waals surface area contributed by atoms with Crippen molar-refractivity contribution in [1.82, 2.24) is 9.55 Å². The number of nitrogens with zero attached hydrogens (tertiary/aromatic N) is 3. The average Bonchev–Trinajstić information content (AvgIpc) is 2.47. The number of aromatic nitrogens is 2. The van der Waals surface area contributed by atoms with Crippen LogP contribution in [0.25, 0.3) is 0 Å². The van der Waals surface area contributed by atoms with Crippen LogP contribution in [0.3, 0.4) is 0 Å². The first-order valence-corrected chi connectivity index (χ1v) is 8.72. The Morgan fingerprint density at radius 1 is 1.43 bits per heavy atom. The maximum absolute atomic E-state index is 12.5. The Kier molecular flexibility index (Phi) is 6.23. The van der Waals surface area contributed by atoms with Gasteiger partial charge in [-0.15, -0.1) is 0 Å². The van der Waals surface area contributed by atoms with E-state index in [4.69, 9.17) is 4.74 Å². The summed E-state index contributed by atoms with van der Waals surface area (Å²) in [4.78, 5) is 18.9. The van der Waals surface area contributed by atoms with Crippen molar-refractivity contribution in [3.05, 3.63) is 22.7 Å². The minimum Gasteiger partial charge on any atom is -0.377 e. The molecule has 118 valence electrons. The highest BCUT2D eigenvalue weighted by atomic mass is 79.9. The Morgan fingerprint density at radius 3 is 2.76 bits per heavy atom. The lowest BCUT2D eigenvalue weighted by Crippen LogP contribution is -2.41. The highest BCUT2D eigenvalue weighted by Crippen LogP contribution is 2.17. The quantitative estimate of drug-likeness (QED) is 0.732. The maximum Gasteiger partial charge on any atom is 0.293 e. The summed E-state index contributed by atoms with van der Waals surface area (Å²) < 4.78 is 7.51. The molecule has 0 amide bonds. The van der Waals surface area contributed by atoms with Gasteiger partial charge in [-0.05, 0) is 18.8 Å². The highest BCUT2D eigenvalue weighted by Gasteiger charge is 2.22. The lowest BCUT2D eigenvalue weighted by atomic mass is 10.1. The molecule has 0 unspecified atom stereocenters. The second-order valence-corrected chi connectivity index (χ2v) is 6.64. The predicted octanol–water partition coefficient (Wildman–Crippen LogP) is 2.28. The van der Waals surface area contributed by atoms with Crippen LogP contribution < -0.4 is 10.5 Å². The van der Waals surface area contributed by atoms with Crippen LogP contribution in [0.15, 0.2) is 17.2 Å². The van der Waals surface area contributed by atoms with Crippen LogP contribution in [-0.4, -0.2) is 40.7 Å². The molecule has 0 aromatic carbocycles. The van der Waals surface area contributed by atoms with Gasteiger partial charge in [0.1, 0.15) is 0 Å². The molecular formula is C15H24BrN3O2. The Balaban J connectivity index is 2.02. The lowest BCUT2D eigenvalue weighted by molar-refractivity contribution is 0.0479. The van der Waals surface area contributed by atoms with E-state index in [1.165, 1.54) is 0 Å². The van der Waals surface area contributed by atoms with Crippen molar-refractivity contribution >= 4 is 21.7 Å². The van der Waals surface area contributed by atoms with E-state index in [0.717, 1.165) is 44.4 Å². The molecule has 1 fully saturated rings. The van der Waals surface area contributed by atoms with Crippen molar-refractivity contribution in [2.24, 2.45) is 5.92 Å². The second kappa shape index (κ2) is 7.94. The van der Waals surface area contributed by atoms with Gasteiger partial charge in [-0.2, -0.15) is 0 Å². The van der Waals surface area contributed by atoms with Gasteiger partial charge in [0.2, 0.25) is 0 Å². The molecule has 0 radical (unpaired) electrons. The van der Waals surface area contributed by atoms with E-state index in [-0.39, 0.29) is 5.56 Å². The van der Waals surface area contributed by atoms with E-state index in [1.807, 2.05) is 0 Å². The maximum atomic E-state index is 12.5. The first-order valence-electron chi connectivity index (χ1n) is 7.59. The van der Waals surface area contributed by atoms with Crippen LogP contribution in [-0.2, 0) is 11.3 Å². The number of anilines is 1. The molecule has 0 atom stereocenters. The SMILES string of the molecule is CC(C)Cn1ccnc(N2CCC(OCCBr)CC2)c1=O. The molecule has 2 rings (SSSR count). The fraction of sp³-hybridized carbons (Fsp3) is 0.733. The fourth-order valence-corrected chi connectivity index (χ4v) is 2.82. The summed E-state index contributed by atoms with van der Waals surface area (Å²) in [5.41, 5.74) is 0.0195. The number of ether oxygens (including phenoxy) is 1. The average molecular weight is 358 g/mol. The smallest absolute Gasteiger partial charge is 0.293 e. The van der Waals surface area contributed by atoms with Gasteiger partial charge in [0.25, 0.3) is 5.56 Å². The number of piperidine rings is 1. The number of hydrogen-bond acceptors (Lipinski definition) is 4. The Morgan fingerprint density at radius 2 is 2.14 bits per heavy atom. The molecule has 1 aliphatic rings. The Labute approximate surface area is 134 Å². The number of rotatable bonds is 6. The minimum atomic E-state index is 0.0195. The van der Waals surface area contributed by atoms with Crippen LogP contribution in [0.2, 0.25) is 0 Å². The summed E-state index contributed by atoms with van der Waals surface area (Å²) in [6.45, 7) is 7.37. The van der Waals surface area contributed by atoms with Crippen LogP contribution in [0.1, 0.15) is 26.7 Å². The van der Waals surface area contributed by atoms with Crippen molar-refractivity contribution in [3.8, 4) is 0 Å². The monoisotopic (exact) mass is 357 g/mol. The van der Waals surface area contributed by atoms with Crippen molar-refractivity contribution in [2.75, 3.05) is 29.9 Å². The first kappa shape index (κ1) is 16.5. The number of hydrogen-bond donors (Lipinski definition) is 0. The lowest BCUT2D eigenvalue weighted by Gasteiger charge is -2.32. The number of halogens is 1. The zero-order valence-electron chi connectivity index (χ0n) is 12.8. The van der Waals surface area contributed by atoms with Gasteiger partial charge in [0.15, 0.2) is 5.82 Å². The third-order valence-electron chi connectivity index (χ3n) is 3.63. The molecule has 6 heteroatoms. The van der Waals surface area contributed by atoms with E-state index >= 15 is 0 Å². The molecule has 0 saturated carbocycles. The summed E-state index contributed by atoms with van der Waals surface area (Å²) in [5, 5.41) is 0.868. The van der Waals surface area contributed by atoms with Gasteiger partial charge in [0.05, 0.1) is 12.7 Å². The topological polar surface area (TPSA) is 47.4 Å². The summed E-state index contributed by atoms with van der Waals surface area (Å²) in [6.07, 6.45) is 5.71. The molecule has 21 heavy (non-hydrogen) atoms. The van der Waals surface area contributed by atoms with Gasteiger partial charge in [-0.3, -0.25) is 4.79 Å². The second-order valence-electron chi connectivity index (χ2n) is 5.85. The minimum absolute atomic E-state index is 0.0195. The molecule has 1 aliphatic heterocycles. The molecule has 2 heterocycles. The van der Waals surface area contributed by atoms with Crippen LogP contribution in [0, 0.1) is 5.92 Å². The number of alkyl halides is 1. The van der Waals surface area contributed by atoms with Crippen LogP contribution in [0.5, 0.6) is 0 Å². The summed E-state index contributed by atoms with van der Waals surface area (Å²) in [5.74, 6) is 1.03. The van der Waals surface area contributed by atoms with Crippen LogP contribution >= 0.6 is 15.9 Å². The van der Waals surface area contributed by atoms with Gasteiger partial charge in [0, 0.05) is 37.4 Å². The van der Waals surface area contributed by atoms with E-state index < -0.39 is 0 Å². The summed E-state index contributed by atoms with van der Waals surface area (Å²) in [6, 6.07) is 0. The van der Waals surface area contributed by atoms with Gasteiger partial charge >= 0.3 is 0 Å². The molecule has 1 aromatic rings. The first-order chi connectivity index (χ1) is 10.1. The Bertz CT molecular complexity index is 496. The van der Waals surface area contributed by atoms with Gasteiger partial charge in [-0.1, -0.05) is 29.8 Å². The summed E-state index contributed by atoms with van der Waals surface area (Å²) >= 11 is 3.37. The van der Waals surface area contributed by atoms with Crippen LogP contribution in [0.4, 0.5) is 5.82 Å². The van der Waals surface area contributed by atoms with Crippen molar-refractivity contribution < 1.29 is 4.74 Å².